The Morgan fingerprint density at radius 1 is 1.11 bits per heavy atom. The van der Waals surface area contributed by atoms with Gasteiger partial charge >= 0.3 is 5.97 Å². The molecule has 0 fully saturated rings. The maximum absolute atomic E-state index is 12.6. The molecule has 1 heterocycles. The van der Waals surface area contributed by atoms with Crippen LogP contribution in [0.25, 0.3) is 0 Å². The van der Waals surface area contributed by atoms with Gasteiger partial charge in [-0.25, -0.2) is 4.79 Å². The molecule has 0 saturated heterocycles. The highest BCUT2D eigenvalue weighted by Gasteiger charge is 2.28. The molecule has 1 aromatic carbocycles. The summed E-state index contributed by atoms with van der Waals surface area (Å²) < 4.78 is 22.3. The predicted molar refractivity (Wildman–Crippen MR) is 112 cm³/mol. The zero-order valence-corrected chi connectivity index (χ0v) is 18.2. The summed E-state index contributed by atoms with van der Waals surface area (Å²) in [4.78, 5) is 12.6. The molecule has 8 heteroatoms. The molecule has 156 valence electrons. The normalized spacial score (nSPS) is 14.8. The summed E-state index contributed by atoms with van der Waals surface area (Å²) in [6.07, 6.45) is 0. The molecule has 0 saturated carbocycles. The van der Waals surface area contributed by atoms with Gasteiger partial charge < -0.3 is 29.6 Å². The second kappa shape index (κ2) is 8.96. The number of rotatable bonds is 5. The lowest BCUT2D eigenvalue weighted by molar-refractivity contribution is -0.159. The molecule has 0 aliphatic carbocycles. The Bertz CT molecular complexity index is 710. The van der Waals surface area contributed by atoms with E-state index in [0.717, 1.165) is 5.69 Å². The summed E-state index contributed by atoms with van der Waals surface area (Å²) in [5, 5.41) is 6.33. The summed E-state index contributed by atoms with van der Waals surface area (Å²) >= 11 is 5.38. The summed E-state index contributed by atoms with van der Waals surface area (Å²) in [5.41, 5.74) is -0.280. The highest BCUT2D eigenvalue weighted by atomic mass is 32.1. The number of hydrogen-bond donors (Lipinski definition) is 2. The van der Waals surface area contributed by atoms with Crippen LogP contribution < -0.4 is 20.1 Å². The number of carbonyl (C=O) groups excluding carboxylic acids is 1. The third-order valence-electron chi connectivity index (χ3n) is 3.48. The van der Waals surface area contributed by atoms with Gasteiger partial charge in [0.2, 0.25) is 0 Å². The fourth-order valence-corrected chi connectivity index (χ4v) is 2.58. The van der Waals surface area contributed by atoms with Crippen LogP contribution >= 0.6 is 12.2 Å². The van der Waals surface area contributed by atoms with E-state index in [0.29, 0.717) is 24.7 Å². The summed E-state index contributed by atoms with van der Waals surface area (Å²) in [5.74, 6) is 0.919. The van der Waals surface area contributed by atoms with E-state index >= 15 is 0 Å². The minimum Gasteiger partial charge on any atom is -0.486 e. The molecular formula is C20H30N2O5S. The van der Waals surface area contributed by atoms with Crippen molar-refractivity contribution in [2.24, 2.45) is 0 Å². The van der Waals surface area contributed by atoms with Gasteiger partial charge in [-0.1, -0.05) is 0 Å². The number of esters is 1. The Morgan fingerprint density at radius 3 is 2.36 bits per heavy atom. The van der Waals surface area contributed by atoms with Crippen molar-refractivity contribution in [1.29, 1.82) is 0 Å². The molecule has 0 spiro atoms. The van der Waals surface area contributed by atoms with Gasteiger partial charge in [-0.05, 0) is 65.9 Å². The molecule has 0 amide bonds. The van der Waals surface area contributed by atoms with Gasteiger partial charge in [0.05, 0.1) is 12.2 Å². The highest BCUT2D eigenvalue weighted by Crippen LogP contribution is 2.32. The molecule has 2 rings (SSSR count). The molecule has 7 nitrogen and oxygen atoms in total. The van der Waals surface area contributed by atoms with Gasteiger partial charge in [0.1, 0.15) is 24.9 Å². The largest absolute Gasteiger partial charge is 0.486 e. The average Bonchev–Trinajstić information content (AvgIpc) is 2.56. The first-order valence-corrected chi connectivity index (χ1v) is 9.68. The Morgan fingerprint density at radius 2 is 1.75 bits per heavy atom. The second-order valence-electron chi connectivity index (χ2n) is 8.47. The summed E-state index contributed by atoms with van der Waals surface area (Å²) in [6.45, 7) is 12.4. The molecule has 1 aliphatic rings. The Hall–Kier alpha value is -2.06. The van der Waals surface area contributed by atoms with Crippen LogP contribution in [0.3, 0.4) is 0 Å². The molecule has 1 aromatic rings. The van der Waals surface area contributed by atoms with E-state index in [1.54, 1.807) is 6.07 Å². The van der Waals surface area contributed by atoms with Crippen molar-refractivity contribution in [2.75, 3.05) is 25.1 Å². The molecule has 2 N–H and O–H groups in total. The van der Waals surface area contributed by atoms with Crippen LogP contribution in [0.4, 0.5) is 5.69 Å². The Balaban J connectivity index is 2.03. The lowest BCUT2D eigenvalue weighted by Gasteiger charge is -2.28. The van der Waals surface area contributed by atoms with Gasteiger partial charge in [0, 0.05) is 11.8 Å². The van der Waals surface area contributed by atoms with E-state index in [9.17, 15) is 4.79 Å². The second-order valence-corrected chi connectivity index (χ2v) is 8.87. The Labute approximate surface area is 172 Å². The van der Waals surface area contributed by atoms with Crippen molar-refractivity contribution >= 4 is 29.0 Å². The molecule has 0 radical (unpaired) electrons. The number of hydrogen-bond acceptors (Lipinski definition) is 6. The van der Waals surface area contributed by atoms with Gasteiger partial charge in [-0.15, -0.1) is 0 Å². The zero-order chi connectivity index (χ0) is 20.9. The molecule has 1 aliphatic heterocycles. The number of anilines is 1. The summed E-state index contributed by atoms with van der Waals surface area (Å²) in [7, 11) is 0. The van der Waals surface area contributed by atoms with Crippen LogP contribution in [0.5, 0.6) is 11.5 Å². The van der Waals surface area contributed by atoms with E-state index in [1.165, 1.54) is 0 Å². The minimum absolute atomic E-state index is 0.126. The first kappa shape index (κ1) is 22.2. The van der Waals surface area contributed by atoms with Gasteiger partial charge in [0.15, 0.2) is 16.6 Å². The third-order valence-corrected chi connectivity index (χ3v) is 3.70. The van der Waals surface area contributed by atoms with Crippen molar-refractivity contribution in [3.05, 3.63) is 18.2 Å². The number of fused-ring (bicyclic) bond motifs is 1. The van der Waals surface area contributed by atoms with Crippen molar-refractivity contribution in [1.82, 2.24) is 5.32 Å². The Kier molecular flexibility index (Phi) is 7.11. The van der Waals surface area contributed by atoms with Crippen LogP contribution in [-0.4, -0.2) is 48.1 Å². The lowest BCUT2D eigenvalue weighted by Crippen LogP contribution is -2.49. The van der Waals surface area contributed by atoms with E-state index in [4.69, 9.17) is 31.2 Å². The monoisotopic (exact) mass is 410 g/mol. The van der Waals surface area contributed by atoms with Crippen molar-refractivity contribution in [3.63, 3.8) is 0 Å². The zero-order valence-electron chi connectivity index (χ0n) is 17.4. The maximum Gasteiger partial charge on any atom is 0.331 e. The van der Waals surface area contributed by atoms with Crippen LogP contribution in [0.15, 0.2) is 18.2 Å². The van der Waals surface area contributed by atoms with Gasteiger partial charge in [0.25, 0.3) is 0 Å². The number of thiocarbonyl (C=S) groups is 1. The number of ether oxygens (including phenoxy) is 4. The van der Waals surface area contributed by atoms with Crippen molar-refractivity contribution in [2.45, 2.75) is 58.8 Å². The maximum atomic E-state index is 12.6. The van der Waals surface area contributed by atoms with Gasteiger partial charge in [-0.2, -0.15) is 0 Å². The third kappa shape index (κ3) is 7.52. The average molecular weight is 411 g/mol. The first-order chi connectivity index (χ1) is 12.9. The molecule has 0 aromatic heterocycles. The van der Waals surface area contributed by atoms with E-state index in [-0.39, 0.29) is 11.7 Å². The predicted octanol–water partition coefficient (Wildman–Crippen LogP) is 3.27. The topological polar surface area (TPSA) is 78.0 Å². The molecule has 1 atom stereocenters. The van der Waals surface area contributed by atoms with Crippen molar-refractivity contribution in [3.8, 4) is 11.5 Å². The van der Waals surface area contributed by atoms with E-state index in [2.05, 4.69) is 10.6 Å². The number of nitrogens with one attached hydrogen (secondary N) is 2. The van der Waals surface area contributed by atoms with Crippen LogP contribution in [-0.2, 0) is 14.3 Å². The standard InChI is InChI=1S/C20H30N2O5S/c1-19(2,3)26-12-14(17(23)27-20(4,5)6)22-18(28)21-13-7-8-15-16(11-13)25-10-9-24-15/h7-8,11,14H,9-10,12H2,1-6H3,(H2,21,22,28). The number of carbonyl (C=O) groups is 1. The van der Waals surface area contributed by atoms with Crippen LogP contribution in [0.2, 0.25) is 0 Å². The van der Waals surface area contributed by atoms with Crippen LogP contribution in [0, 0.1) is 0 Å². The minimum atomic E-state index is -0.740. The van der Waals surface area contributed by atoms with Crippen molar-refractivity contribution < 1.29 is 23.7 Å². The van der Waals surface area contributed by atoms with E-state index in [1.807, 2.05) is 53.7 Å². The SMILES string of the molecule is CC(C)(C)OCC(NC(=S)Nc1ccc2c(c1)OCCO2)C(=O)OC(C)(C)C. The van der Waals surface area contributed by atoms with E-state index < -0.39 is 23.2 Å². The fraction of sp³-hybridized carbons (Fsp3) is 0.600. The fourth-order valence-electron chi connectivity index (χ4n) is 2.32. The van der Waals surface area contributed by atoms with Crippen LogP contribution in [0.1, 0.15) is 41.5 Å². The first-order valence-electron chi connectivity index (χ1n) is 9.27. The molecule has 0 bridgehead atoms. The highest BCUT2D eigenvalue weighted by molar-refractivity contribution is 7.80. The number of benzene rings is 1. The lowest BCUT2D eigenvalue weighted by atomic mass is 10.1. The molecular weight excluding hydrogens is 380 g/mol. The van der Waals surface area contributed by atoms with Gasteiger partial charge in [-0.3, -0.25) is 0 Å². The quantitative estimate of drug-likeness (QED) is 0.566. The summed E-state index contributed by atoms with van der Waals surface area (Å²) in [6, 6.07) is 4.70. The smallest absolute Gasteiger partial charge is 0.331 e. The molecule has 28 heavy (non-hydrogen) atoms. The molecule has 1 unspecified atom stereocenters.